The van der Waals surface area contributed by atoms with Crippen molar-refractivity contribution < 1.29 is 8.42 Å². The monoisotopic (exact) mass is 246 g/mol. The maximum absolute atomic E-state index is 11.7. The van der Waals surface area contributed by atoms with Gasteiger partial charge in [0.05, 0.1) is 11.4 Å². The summed E-state index contributed by atoms with van der Waals surface area (Å²) in [6.45, 7) is 0.511. The van der Waals surface area contributed by atoms with Crippen LogP contribution in [0, 0.1) is 23.2 Å². The van der Waals surface area contributed by atoms with Gasteiger partial charge in [-0.2, -0.15) is 5.26 Å². The van der Waals surface area contributed by atoms with Gasteiger partial charge in [-0.15, -0.1) is 0 Å². The minimum absolute atomic E-state index is 0.196. The number of nitriles is 1. The number of sulfonamides is 1. The zero-order chi connectivity index (χ0) is 12.3. The first-order valence-corrected chi connectivity index (χ1v) is 6.75. The number of benzene rings is 1. The Morgan fingerprint density at radius 2 is 2.18 bits per heavy atom. The molecular formula is C12H10N2O2S. The molecular weight excluding hydrogens is 236 g/mol. The lowest BCUT2D eigenvalue weighted by Gasteiger charge is -2.16. The van der Waals surface area contributed by atoms with E-state index in [4.69, 9.17) is 5.26 Å². The van der Waals surface area contributed by atoms with Crippen molar-refractivity contribution in [1.82, 2.24) is 0 Å². The summed E-state index contributed by atoms with van der Waals surface area (Å²) in [5.74, 6) is 5.14. The quantitative estimate of drug-likeness (QED) is 0.697. The molecule has 4 nitrogen and oxygen atoms in total. The molecule has 1 heterocycles. The lowest BCUT2D eigenvalue weighted by atomic mass is 10.2. The molecule has 1 saturated heterocycles. The Hall–Kier alpha value is -1.98. The highest BCUT2D eigenvalue weighted by Gasteiger charge is 2.28. The minimum Gasteiger partial charge on any atom is -0.270 e. The number of rotatable bonds is 1. The molecule has 86 valence electrons. The predicted octanol–water partition coefficient (Wildman–Crippen LogP) is 1.10. The second-order valence-electron chi connectivity index (χ2n) is 3.65. The van der Waals surface area contributed by atoms with Crippen molar-refractivity contribution >= 4 is 15.7 Å². The molecule has 1 fully saturated rings. The Morgan fingerprint density at radius 3 is 2.82 bits per heavy atom. The van der Waals surface area contributed by atoms with Crippen LogP contribution in [-0.4, -0.2) is 20.7 Å². The van der Waals surface area contributed by atoms with Crippen molar-refractivity contribution in [2.45, 2.75) is 6.42 Å². The molecule has 0 amide bonds. The van der Waals surface area contributed by atoms with Crippen LogP contribution in [-0.2, 0) is 10.0 Å². The molecule has 1 aromatic carbocycles. The first-order chi connectivity index (χ1) is 8.13. The highest BCUT2D eigenvalue weighted by atomic mass is 32.2. The summed E-state index contributed by atoms with van der Waals surface area (Å²) in [6.07, 6.45) is 0.649. The molecule has 0 spiro atoms. The van der Waals surface area contributed by atoms with Crippen molar-refractivity contribution in [3.63, 3.8) is 0 Å². The van der Waals surface area contributed by atoms with Gasteiger partial charge in [-0.1, -0.05) is 12.0 Å². The Kier molecular flexibility index (Phi) is 3.03. The lowest BCUT2D eigenvalue weighted by molar-refractivity contribution is 0.599. The number of anilines is 1. The predicted molar refractivity (Wildman–Crippen MR) is 64.7 cm³/mol. The van der Waals surface area contributed by atoms with Gasteiger partial charge in [0, 0.05) is 18.0 Å². The van der Waals surface area contributed by atoms with Crippen molar-refractivity contribution in [1.29, 1.82) is 5.26 Å². The summed E-state index contributed by atoms with van der Waals surface area (Å²) in [5, 5.41) is 8.36. The van der Waals surface area contributed by atoms with Crippen LogP contribution in [0.1, 0.15) is 12.0 Å². The topological polar surface area (TPSA) is 61.2 Å². The van der Waals surface area contributed by atoms with E-state index in [1.807, 2.05) is 0 Å². The molecule has 1 aliphatic heterocycles. The van der Waals surface area contributed by atoms with E-state index in [2.05, 4.69) is 11.8 Å². The van der Waals surface area contributed by atoms with Gasteiger partial charge in [-0.05, 0) is 24.6 Å². The lowest BCUT2D eigenvalue weighted by Crippen LogP contribution is -2.24. The molecule has 2 rings (SSSR count). The van der Waals surface area contributed by atoms with Gasteiger partial charge in [0.1, 0.15) is 0 Å². The highest BCUT2D eigenvalue weighted by Crippen LogP contribution is 2.24. The normalized spacial score (nSPS) is 17.0. The van der Waals surface area contributed by atoms with Gasteiger partial charge in [0.25, 0.3) is 0 Å². The summed E-state index contributed by atoms with van der Waals surface area (Å²) in [7, 11) is -3.16. The van der Waals surface area contributed by atoms with E-state index in [1.54, 1.807) is 30.3 Å². The van der Waals surface area contributed by atoms with Gasteiger partial charge in [0.15, 0.2) is 6.07 Å². The van der Waals surface area contributed by atoms with Crippen LogP contribution in [0.5, 0.6) is 0 Å². The molecule has 5 heteroatoms. The first-order valence-electron chi connectivity index (χ1n) is 5.14. The van der Waals surface area contributed by atoms with Gasteiger partial charge in [0.2, 0.25) is 10.0 Å². The molecule has 0 unspecified atom stereocenters. The number of nitrogens with zero attached hydrogens (tertiary/aromatic N) is 2. The summed E-state index contributed by atoms with van der Waals surface area (Å²) < 4.78 is 24.8. The fourth-order valence-electron chi connectivity index (χ4n) is 1.77. The number of hydrogen-bond donors (Lipinski definition) is 0. The van der Waals surface area contributed by atoms with Gasteiger partial charge in [-0.25, -0.2) is 8.42 Å². The van der Waals surface area contributed by atoms with Crippen LogP contribution >= 0.6 is 0 Å². The molecule has 0 aliphatic carbocycles. The zero-order valence-corrected chi connectivity index (χ0v) is 9.87. The van der Waals surface area contributed by atoms with E-state index in [0.717, 1.165) is 0 Å². The van der Waals surface area contributed by atoms with Crippen LogP contribution in [0.2, 0.25) is 0 Å². The standard InChI is InChI=1S/C12H10N2O2S/c13-7-2-5-11-4-1-6-12(10-11)14-8-3-9-17(14,15)16/h1,4,6,10H,3,8-9H2. The van der Waals surface area contributed by atoms with Crippen LogP contribution in [0.15, 0.2) is 24.3 Å². The highest BCUT2D eigenvalue weighted by molar-refractivity contribution is 7.93. The molecule has 1 aromatic rings. The Balaban J connectivity index is 2.38. The smallest absolute Gasteiger partial charge is 0.235 e. The molecule has 0 aromatic heterocycles. The van der Waals surface area contributed by atoms with Gasteiger partial charge < -0.3 is 0 Å². The molecule has 0 atom stereocenters. The van der Waals surface area contributed by atoms with Crippen LogP contribution in [0.4, 0.5) is 5.69 Å². The Bertz CT molecular complexity index is 632. The second kappa shape index (κ2) is 4.48. The molecule has 0 bridgehead atoms. The number of hydrogen-bond acceptors (Lipinski definition) is 3. The largest absolute Gasteiger partial charge is 0.270 e. The Morgan fingerprint density at radius 1 is 1.35 bits per heavy atom. The molecule has 17 heavy (non-hydrogen) atoms. The maximum atomic E-state index is 11.7. The second-order valence-corrected chi connectivity index (χ2v) is 5.67. The van der Waals surface area contributed by atoms with Crippen molar-refractivity contribution in [3.05, 3.63) is 29.8 Å². The molecule has 0 radical (unpaired) electrons. The first kappa shape index (κ1) is 11.5. The maximum Gasteiger partial charge on any atom is 0.235 e. The van der Waals surface area contributed by atoms with Crippen molar-refractivity contribution in [2.75, 3.05) is 16.6 Å². The fourth-order valence-corrected chi connectivity index (χ4v) is 3.32. The van der Waals surface area contributed by atoms with E-state index in [9.17, 15) is 8.42 Å². The average molecular weight is 246 g/mol. The van der Waals surface area contributed by atoms with Crippen LogP contribution < -0.4 is 4.31 Å². The molecule has 0 saturated carbocycles. The van der Waals surface area contributed by atoms with E-state index in [1.165, 1.54) is 4.31 Å². The van der Waals surface area contributed by atoms with E-state index < -0.39 is 10.0 Å². The van der Waals surface area contributed by atoms with Gasteiger partial charge >= 0.3 is 0 Å². The summed E-state index contributed by atoms with van der Waals surface area (Å²) in [4.78, 5) is 0. The van der Waals surface area contributed by atoms with Crippen LogP contribution in [0.3, 0.4) is 0 Å². The fraction of sp³-hybridized carbons (Fsp3) is 0.250. The Labute approximate surface area is 101 Å². The van der Waals surface area contributed by atoms with Crippen molar-refractivity contribution in [2.24, 2.45) is 0 Å². The SMILES string of the molecule is N#CC#Cc1cccc(N2CCCS2(=O)=O)c1. The third kappa shape index (κ3) is 2.41. The van der Waals surface area contributed by atoms with E-state index in [-0.39, 0.29) is 5.75 Å². The van der Waals surface area contributed by atoms with E-state index in [0.29, 0.717) is 24.2 Å². The minimum atomic E-state index is -3.16. The summed E-state index contributed by atoms with van der Waals surface area (Å²) in [6, 6.07) is 8.64. The average Bonchev–Trinajstić information content (AvgIpc) is 2.67. The summed E-state index contributed by atoms with van der Waals surface area (Å²) in [5.41, 5.74) is 1.26. The zero-order valence-electron chi connectivity index (χ0n) is 9.05. The summed E-state index contributed by atoms with van der Waals surface area (Å²) >= 11 is 0. The van der Waals surface area contributed by atoms with Crippen molar-refractivity contribution in [3.8, 4) is 17.9 Å². The van der Waals surface area contributed by atoms with E-state index >= 15 is 0 Å². The third-order valence-corrected chi connectivity index (χ3v) is 4.37. The molecule has 0 N–H and O–H groups in total. The van der Waals surface area contributed by atoms with Crippen LogP contribution in [0.25, 0.3) is 0 Å². The van der Waals surface area contributed by atoms with Gasteiger partial charge in [-0.3, -0.25) is 4.31 Å². The third-order valence-electron chi connectivity index (χ3n) is 2.50. The molecule has 1 aliphatic rings.